The number of ether oxygens (including phenoxy) is 1. The normalized spacial score (nSPS) is 36.1. The van der Waals surface area contributed by atoms with Crippen molar-refractivity contribution in [1.82, 2.24) is 4.90 Å². The number of fused-ring (bicyclic) bond motifs is 1. The molecule has 0 amide bonds. The maximum atomic E-state index is 11.3. The summed E-state index contributed by atoms with van der Waals surface area (Å²) in [4.78, 5) is 13.3. The molecule has 0 aromatic rings. The Morgan fingerprint density at radius 3 is 2.94 bits per heavy atom. The first kappa shape index (κ1) is 12.3. The molecule has 0 bridgehead atoms. The Hall–Kier alpha value is -0.130. The average molecular weight is 292 g/mol. The molecule has 5 heteroatoms. The SMILES string of the molecule is COC(=O)C(Br)CN1CC2CCC(O)C2C1. The molecule has 0 radical (unpaired) electrons. The van der Waals surface area contributed by atoms with Crippen LogP contribution in [0.2, 0.25) is 0 Å². The molecule has 4 nitrogen and oxygen atoms in total. The van der Waals surface area contributed by atoms with Gasteiger partial charge in [0.1, 0.15) is 4.83 Å². The number of nitrogens with zero attached hydrogens (tertiary/aromatic N) is 1. The number of likely N-dealkylation sites (tertiary alicyclic amines) is 1. The fraction of sp³-hybridized carbons (Fsp3) is 0.909. The van der Waals surface area contributed by atoms with Gasteiger partial charge in [0.2, 0.25) is 0 Å². The quantitative estimate of drug-likeness (QED) is 0.612. The van der Waals surface area contributed by atoms with E-state index in [1.54, 1.807) is 0 Å². The largest absolute Gasteiger partial charge is 0.468 e. The lowest BCUT2D eigenvalue weighted by Crippen LogP contribution is -2.34. The molecule has 92 valence electrons. The minimum atomic E-state index is -0.256. The van der Waals surface area contributed by atoms with Crippen LogP contribution in [0, 0.1) is 11.8 Å². The number of carbonyl (C=O) groups excluding carboxylic acids is 1. The van der Waals surface area contributed by atoms with Gasteiger partial charge in [-0.15, -0.1) is 0 Å². The van der Waals surface area contributed by atoms with Crippen molar-refractivity contribution in [3.8, 4) is 0 Å². The number of rotatable bonds is 3. The summed E-state index contributed by atoms with van der Waals surface area (Å²) in [5.41, 5.74) is 0. The minimum Gasteiger partial charge on any atom is -0.468 e. The van der Waals surface area contributed by atoms with E-state index in [4.69, 9.17) is 0 Å². The maximum Gasteiger partial charge on any atom is 0.320 e. The fourth-order valence-electron chi connectivity index (χ4n) is 2.91. The van der Waals surface area contributed by atoms with Gasteiger partial charge in [0.05, 0.1) is 13.2 Å². The zero-order valence-electron chi connectivity index (χ0n) is 9.43. The van der Waals surface area contributed by atoms with E-state index in [-0.39, 0.29) is 16.9 Å². The summed E-state index contributed by atoms with van der Waals surface area (Å²) in [6, 6.07) is 0. The van der Waals surface area contributed by atoms with Crippen molar-refractivity contribution < 1.29 is 14.6 Å². The summed E-state index contributed by atoms with van der Waals surface area (Å²) in [6.45, 7) is 2.58. The number of hydrogen-bond acceptors (Lipinski definition) is 4. The Labute approximate surface area is 104 Å². The predicted molar refractivity (Wildman–Crippen MR) is 63.4 cm³/mol. The third-order valence-electron chi connectivity index (χ3n) is 3.77. The highest BCUT2D eigenvalue weighted by atomic mass is 79.9. The zero-order valence-corrected chi connectivity index (χ0v) is 11.0. The smallest absolute Gasteiger partial charge is 0.320 e. The second-order valence-electron chi connectivity index (χ2n) is 4.78. The van der Waals surface area contributed by atoms with Crippen LogP contribution in [-0.2, 0) is 9.53 Å². The van der Waals surface area contributed by atoms with E-state index in [9.17, 15) is 9.90 Å². The van der Waals surface area contributed by atoms with E-state index < -0.39 is 0 Å². The van der Waals surface area contributed by atoms with Crippen LogP contribution in [0.5, 0.6) is 0 Å². The molecule has 0 aromatic heterocycles. The van der Waals surface area contributed by atoms with Crippen molar-refractivity contribution in [2.75, 3.05) is 26.7 Å². The second kappa shape index (κ2) is 5.02. The molecule has 4 unspecified atom stereocenters. The van der Waals surface area contributed by atoms with Crippen molar-refractivity contribution in [3.63, 3.8) is 0 Å². The van der Waals surface area contributed by atoms with Crippen molar-refractivity contribution >= 4 is 21.9 Å². The summed E-state index contributed by atoms with van der Waals surface area (Å²) >= 11 is 3.33. The molecule has 2 aliphatic rings. The average Bonchev–Trinajstić information content (AvgIpc) is 2.80. The summed E-state index contributed by atoms with van der Waals surface area (Å²) in [7, 11) is 1.40. The lowest BCUT2D eigenvalue weighted by Gasteiger charge is -2.19. The van der Waals surface area contributed by atoms with E-state index in [0.717, 1.165) is 25.9 Å². The van der Waals surface area contributed by atoms with Crippen molar-refractivity contribution in [1.29, 1.82) is 0 Å². The highest BCUT2D eigenvalue weighted by Gasteiger charge is 2.42. The lowest BCUT2D eigenvalue weighted by atomic mass is 10.00. The van der Waals surface area contributed by atoms with Crippen LogP contribution in [0.4, 0.5) is 0 Å². The number of aliphatic hydroxyl groups is 1. The fourth-order valence-corrected chi connectivity index (χ4v) is 3.50. The molecule has 1 saturated heterocycles. The monoisotopic (exact) mass is 291 g/mol. The molecular formula is C11H18BrNO3. The molecular weight excluding hydrogens is 274 g/mol. The first-order chi connectivity index (χ1) is 7.61. The van der Waals surface area contributed by atoms with Gasteiger partial charge in [-0.1, -0.05) is 15.9 Å². The number of halogens is 1. The van der Waals surface area contributed by atoms with Gasteiger partial charge in [-0.05, 0) is 18.8 Å². The zero-order chi connectivity index (χ0) is 11.7. The van der Waals surface area contributed by atoms with E-state index in [0.29, 0.717) is 18.4 Å². The number of hydrogen-bond donors (Lipinski definition) is 1. The summed E-state index contributed by atoms with van der Waals surface area (Å²) in [6.07, 6.45) is 1.92. The van der Waals surface area contributed by atoms with Crippen molar-refractivity contribution in [3.05, 3.63) is 0 Å². The molecule has 1 saturated carbocycles. The van der Waals surface area contributed by atoms with Gasteiger partial charge >= 0.3 is 5.97 Å². The van der Waals surface area contributed by atoms with Gasteiger partial charge in [0.15, 0.2) is 0 Å². The first-order valence-electron chi connectivity index (χ1n) is 5.74. The van der Waals surface area contributed by atoms with Crippen LogP contribution < -0.4 is 0 Å². The Morgan fingerprint density at radius 1 is 1.56 bits per heavy atom. The number of methoxy groups -OCH3 is 1. The highest BCUT2D eigenvalue weighted by molar-refractivity contribution is 9.10. The number of alkyl halides is 1. The Bertz CT molecular complexity index is 274. The highest BCUT2D eigenvalue weighted by Crippen LogP contribution is 2.38. The van der Waals surface area contributed by atoms with Gasteiger partial charge < -0.3 is 14.7 Å². The molecule has 2 rings (SSSR count). The minimum absolute atomic E-state index is 0.137. The van der Waals surface area contributed by atoms with Crippen molar-refractivity contribution in [2.45, 2.75) is 23.8 Å². The number of carbonyl (C=O) groups is 1. The van der Waals surface area contributed by atoms with Crippen LogP contribution in [0.3, 0.4) is 0 Å². The van der Waals surface area contributed by atoms with E-state index in [1.807, 2.05) is 0 Å². The summed E-state index contributed by atoms with van der Waals surface area (Å²) < 4.78 is 4.68. The molecule has 1 N–H and O–H groups in total. The predicted octanol–water partition coefficient (Wildman–Crippen LogP) is 0.626. The van der Waals surface area contributed by atoms with Gasteiger partial charge in [0.25, 0.3) is 0 Å². The standard InChI is InChI=1S/C11H18BrNO3/c1-16-11(15)9(12)6-13-4-7-2-3-10(14)8(7)5-13/h7-10,14H,2-6H2,1H3. The number of aliphatic hydroxyl groups excluding tert-OH is 1. The Morgan fingerprint density at radius 2 is 2.31 bits per heavy atom. The van der Waals surface area contributed by atoms with Crippen LogP contribution in [-0.4, -0.2) is 53.7 Å². The van der Waals surface area contributed by atoms with Crippen LogP contribution >= 0.6 is 15.9 Å². The van der Waals surface area contributed by atoms with Gasteiger partial charge in [-0.25, -0.2) is 0 Å². The molecule has 4 atom stereocenters. The molecule has 1 aliphatic carbocycles. The molecule has 0 aromatic carbocycles. The third-order valence-corrected chi connectivity index (χ3v) is 4.43. The molecule has 16 heavy (non-hydrogen) atoms. The Kier molecular flexibility index (Phi) is 3.87. The Balaban J connectivity index is 1.83. The third kappa shape index (κ3) is 2.41. The van der Waals surface area contributed by atoms with Gasteiger partial charge in [-0.3, -0.25) is 4.79 Å². The van der Waals surface area contributed by atoms with Crippen LogP contribution in [0.15, 0.2) is 0 Å². The maximum absolute atomic E-state index is 11.3. The van der Waals surface area contributed by atoms with E-state index >= 15 is 0 Å². The van der Waals surface area contributed by atoms with Gasteiger partial charge in [-0.2, -0.15) is 0 Å². The molecule has 0 spiro atoms. The topological polar surface area (TPSA) is 49.8 Å². The molecule has 1 aliphatic heterocycles. The van der Waals surface area contributed by atoms with Crippen LogP contribution in [0.1, 0.15) is 12.8 Å². The molecule has 1 heterocycles. The van der Waals surface area contributed by atoms with E-state index in [2.05, 4.69) is 25.6 Å². The first-order valence-corrected chi connectivity index (χ1v) is 6.65. The van der Waals surface area contributed by atoms with Crippen molar-refractivity contribution in [2.24, 2.45) is 11.8 Å². The summed E-state index contributed by atoms with van der Waals surface area (Å²) in [5, 5.41) is 9.78. The van der Waals surface area contributed by atoms with Crippen LogP contribution in [0.25, 0.3) is 0 Å². The molecule has 2 fully saturated rings. The number of esters is 1. The lowest BCUT2D eigenvalue weighted by molar-refractivity contribution is -0.140. The van der Waals surface area contributed by atoms with Gasteiger partial charge in [0, 0.05) is 25.6 Å². The summed E-state index contributed by atoms with van der Waals surface area (Å²) in [5.74, 6) is 0.808. The second-order valence-corrected chi connectivity index (χ2v) is 5.88. The van der Waals surface area contributed by atoms with E-state index in [1.165, 1.54) is 7.11 Å².